The maximum absolute atomic E-state index is 13.5. The van der Waals surface area contributed by atoms with Gasteiger partial charge in [-0.05, 0) is 53.6 Å². The number of ketones is 1. The van der Waals surface area contributed by atoms with E-state index in [0.717, 1.165) is 0 Å². The Morgan fingerprint density at radius 1 is 1.00 bits per heavy atom. The van der Waals surface area contributed by atoms with Crippen LogP contribution in [0.2, 0.25) is 0 Å². The molecule has 40 heavy (non-hydrogen) atoms. The van der Waals surface area contributed by atoms with Gasteiger partial charge in [-0.15, -0.1) is 0 Å². The van der Waals surface area contributed by atoms with Gasteiger partial charge in [-0.3, -0.25) is 10.2 Å². The van der Waals surface area contributed by atoms with Crippen molar-refractivity contribution in [2.45, 2.75) is 78.1 Å². The molecule has 0 amide bonds. The summed E-state index contributed by atoms with van der Waals surface area (Å²) in [5, 5.41) is 17.6. The molecule has 1 unspecified atom stereocenters. The van der Waals surface area contributed by atoms with E-state index in [2.05, 4.69) is 0 Å². The molecule has 8 nitrogen and oxygen atoms in total. The van der Waals surface area contributed by atoms with Crippen LogP contribution in [0.15, 0.2) is 30.3 Å². The number of nitrogens with one attached hydrogen (secondary N) is 1. The summed E-state index contributed by atoms with van der Waals surface area (Å²) in [7, 11) is 0. The number of aliphatic carboxylic acids is 1. The normalized spacial score (nSPS) is 14.6. The Kier molecular flexibility index (Phi) is 8.11. The third kappa shape index (κ3) is 6.63. The van der Waals surface area contributed by atoms with Gasteiger partial charge in [0, 0.05) is 28.8 Å². The second-order valence-corrected chi connectivity index (χ2v) is 11.8. The van der Waals surface area contributed by atoms with Gasteiger partial charge in [0.25, 0.3) is 0 Å². The van der Waals surface area contributed by atoms with Crippen LogP contribution in [-0.2, 0) is 27.0 Å². The van der Waals surface area contributed by atoms with E-state index in [-0.39, 0.29) is 47.1 Å². The molecule has 3 rings (SSSR count). The number of esters is 1. The van der Waals surface area contributed by atoms with Crippen LogP contribution in [0, 0.1) is 5.41 Å². The molecule has 0 aliphatic carbocycles. The quantitative estimate of drug-likeness (QED) is 0.255. The summed E-state index contributed by atoms with van der Waals surface area (Å²) in [6.45, 7) is 11.9. The van der Waals surface area contributed by atoms with Crippen molar-refractivity contribution in [3.05, 3.63) is 58.1 Å². The zero-order valence-corrected chi connectivity index (χ0v) is 23.4. The van der Waals surface area contributed by atoms with Crippen LogP contribution in [-0.4, -0.2) is 52.4 Å². The summed E-state index contributed by atoms with van der Waals surface area (Å²) in [6, 6.07) is 7.72. The van der Waals surface area contributed by atoms with Gasteiger partial charge in [0.05, 0.1) is 6.54 Å². The average Bonchev–Trinajstić information content (AvgIpc) is 3.11. The number of hydrogen-bond donors (Lipinski definition) is 2. The van der Waals surface area contributed by atoms with Crippen molar-refractivity contribution < 1.29 is 42.1 Å². The van der Waals surface area contributed by atoms with E-state index in [1.165, 1.54) is 19.1 Å². The molecule has 2 N–H and O–H groups in total. The maximum Gasteiger partial charge on any atom is 0.491 e. The van der Waals surface area contributed by atoms with Crippen LogP contribution in [0.1, 0.15) is 81.1 Å². The highest BCUT2D eigenvalue weighted by Gasteiger charge is 2.43. The van der Waals surface area contributed by atoms with Gasteiger partial charge in [-0.2, -0.15) is 13.2 Å². The summed E-state index contributed by atoms with van der Waals surface area (Å²) in [6.07, 6.45) is -6.26. The Balaban J connectivity index is 1.96. The van der Waals surface area contributed by atoms with Crippen molar-refractivity contribution in [2.24, 2.45) is 0 Å². The number of carbonyl (C=O) groups is 3. The number of rotatable bonds is 7. The highest BCUT2D eigenvalue weighted by atomic mass is 19.4. The minimum Gasteiger partial charge on any atom is -0.479 e. The SMILES string of the molecule is CC(Oc1ccc2c(c1)CN(CC(=O)c1cc(C(C)(C)C)c(OC(=O)C(F)(F)F)c(C(C)(C)C)c1)C2=N)C(=O)O. The molecule has 11 heteroatoms. The van der Waals surface area contributed by atoms with Crippen LogP contribution in [0.25, 0.3) is 0 Å². The van der Waals surface area contributed by atoms with E-state index in [9.17, 15) is 27.6 Å². The second kappa shape index (κ2) is 10.6. The molecule has 2 aromatic carbocycles. The Bertz CT molecular complexity index is 1330. The Morgan fingerprint density at radius 3 is 2.02 bits per heavy atom. The molecular weight excluding hydrogens is 529 g/mol. The summed E-state index contributed by atoms with van der Waals surface area (Å²) < 4.78 is 49.6. The van der Waals surface area contributed by atoms with Crippen molar-refractivity contribution in [3.8, 4) is 11.5 Å². The number of nitrogens with zero attached hydrogens (tertiary/aromatic N) is 1. The Morgan fingerprint density at radius 2 is 1.55 bits per heavy atom. The molecule has 0 fully saturated rings. The summed E-state index contributed by atoms with van der Waals surface area (Å²) >= 11 is 0. The Labute approximate surface area is 230 Å². The van der Waals surface area contributed by atoms with Crippen molar-refractivity contribution in [2.75, 3.05) is 6.54 Å². The molecular formula is C29H33F3N2O6. The number of carbonyl (C=O) groups excluding carboxylic acids is 2. The number of fused-ring (bicyclic) bond motifs is 1. The molecule has 1 aliphatic rings. The summed E-state index contributed by atoms with van der Waals surface area (Å²) in [5.41, 5.74) is 0.459. The number of Topliss-reactive ketones (excluding diaryl/α,β-unsaturated/α-hetero) is 1. The summed E-state index contributed by atoms with van der Waals surface area (Å²) in [4.78, 5) is 38.0. The van der Waals surface area contributed by atoms with Crippen LogP contribution in [0.4, 0.5) is 13.2 Å². The molecule has 0 spiro atoms. The van der Waals surface area contributed by atoms with Gasteiger partial charge in [0.15, 0.2) is 11.9 Å². The zero-order valence-electron chi connectivity index (χ0n) is 23.4. The van der Waals surface area contributed by atoms with Gasteiger partial charge in [0.2, 0.25) is 0 Å². The van der Waals surface area contributed by atoms with E-state index < -0.39 is 35.0 Å². The van der Waals surface area contributed by atoms with Crippen molar-refractivity contribution in [3.63, 3.8) is 0 Å². The molecule has 2 aromatic rings. The fourth-order valence-electron chi connectivity index (χ4n) is 4.28. The lowest BCUT2D eigenvalue weighted by Gasteiger charge is -2.30. The minimum absolute atomic E-state index is 0.101. The third-order valence-electron chi connectivity index (χ3n) is 6.46. The molecule has 0 saturated heterocycles. The molecule has 0 saturated carbocycles. The first-order valence-corrected chi connectivity index (χ1v) is 12.6. The number of ether oxygens (including phenoxy) is 2. The van der Waals surface area contributed by atoms with E-state index in [4.69, 9.17) is 20.0 Å². The third-order valence-corrected chi connectivity index (χ3v) is 6.46. The highest BCUT2D eigenvalue weighted by molar-refractivity contribution is 6.05. The number of amidine groups is 1. The van der Waals surface area contributed by atoms with Crippen LogP contribution < -0.4 is 9.47 Å². The zero-order chi connectivity index (χ0) is 30.4. The molecule has 0 radical (unpaired) electrons. The molecule has 216 valence electrons. The average molecular weight is 563 g/mol. The fraction of sp³-hybridized carbons (Fsp3) is 0.448. The van der Waals surface area contributed by atoms with E-state index in [0.29, 0.717) is 16.9 Å². The van der Waals surface area contributed by atoms with E-state index in [1.807, 2.05) is 0 Å². The topological polar surface area (TPSA) is 117 Å². The summed E-state index contributed by atoms with van der Waals surface area (Å²) in [5.74, 6) is -3.63. The van der Waals surface area contributed by atoms with Gasteiger partial charge in [0.1, 0.15) is 17.3 Å². The monoisotopic (exact) mass is 562 g/mol. The lowest BCUT2D eigenvalue weighted by atomic mass is 9.78. The smallest absolute Gasteiger partial charge is 0.479 e. The number of alkyl halides is 3. The number of carboxylic acids is 1. The number of hydrogen-bond acceptors (Lipinski definition) is 6. The predicted molar refractivity (Wildman–Crippen MR) is 141 cm³/mol. The van der Waals surface area contributed by atoms with Crippen LogP contribution in [0.3, 0.4) is 0 Å². The van der Waals surface area contributed by atoms with Crippen molar-refractivity contribution >= 4 is 23.6 Å². The Hall–Kier alpha value is -3.89. The number of halogens is 3. The first-order chi connectivity index (χ1) is 18.2. The molecule has 0 bridgehead atoms. The fourth-order valence-corrected chi connectivity index (χ4v) is 4.28. The van der Waals surface area contributed by atoms with Gasteiger partial charge in [-0.1, -0.05) is 41.5 Å². The predicted octanol–water partition coefficient (Wildman–Crippen LogP) is 5.63. The molecule has 1 heterocycles. The van der Waals surface area contributed by atoms with Crippen LogP contribution >= 0.6 is 0 Å². The standard InChI is InChI=1S/C29H33F3N2O6/c1-15(25(36)37)39-18-8-9-19-17(10-18)13-34(24(19)33)14-22(35)16-11-20(27(2,3)4)23(21(12-16)28(5,6)7)40-26(38)29(30,31)32/h8-12,15,33H,13-14H2,1-7H3,(H,36,37). The molecule has 1 atom stereocenters. The van der Waals surface area contributed by atoms with Gasteiger partial charge < -0.3 is 19.5 Å². The van der Waals surface area contributed by atoms with Crippen molar-refractivity contribution in [1.82, 2.24) is 4.90 Å². The largest absolute Gasteiger partial charge is 0.491 e. The lowest BCUT2D eigenvalue weighted by molar-refractivity contribution is -0.189. The molecule has 1 aliphatic heterocycles. The first kappa shape index (κ1) is 30.6. The highest BCUT2D eigenvalue weighted by Crippen LogP contribution is 2.42. The first-order valence-electron chi connectivity index (χ1n) is 12.6. The maximum atomic E-state index is 13.5. The van der Waals surface area contributed by atoms with E-state index in [1.54, 1.807) is 64.6 Å². The van der Waals surface area contributed by atoms with Crippen molar-refractivity contribution in [1.29, 1.82) is 5.41 Å². The number of benzene rings is 2. The minimum atomic E-state index is -5.19. The van der Waals surface area contributed by atoms with E-state index >= 15 is 0 Å². The van der Waals surface area contributed by atoms with Gasteiger partial charge in [-0.25, -0.2) is 9.59 Å². The molecule has 0 aromatic heterocycles. The second-order valence-electron chi connectivity index (χ2n) is 11.8. The van der Waals surface area contributed by atoms with Crippen LogP contribution in [0.5, 0.6) is 11.5 Å². The lowest BCUT2D eigenvalue weighted by Crippen LogP contribution is -2.32. The van der Waals surface area contributed by atoms with Gasteiger partial charge >= 0.3 is 18.1 Å². The number of carboxylic acid groups (broad SMARTS) is 1.